The highest BCUT2D eigenvalue weighted by Gasteiger charge is 2.30. The summed E-state index contributed by atoms with van der Waals surface area (Å²) in [6, 6.07) is 4.81. The molecular formula is C14H12ClNO4. The van der Waals surface area contributed by atoms with Gasteiger partial charge in [0.15, 0.2) is 5.76 Å². The predicted molar refractivity (Wildman–Crippen MR) is 71.2 cm³/mol. The summed E-state index contributed by atoms with van der Waals surface area (Å²) >= 11 is 5.74. The normalized spacial score (nSPS) is 17.8. The van der Waals surface area contributed by atoms with Crippen molar-refractivity contribution in [2.75, 3.05) is 0 Å². The molecule has 0 saturated heterocycles. The van der Waals surface area contributed by atoms with Gasteiger partial charge in [-0.1, -0.05) is 11.6 Å². The molecule has 0 bridgehead atoms. The molecule has 5 nitrogen and oxygen atoms in total. The van der Waals surface area contributed by atoms with E-state index in [2.05, 4.69) is 0 Å². The van der Waals surface area contributed by atoms with Crippen LogP contribution in [0.5, 0.6) is 0 Å². The number of halogens is 1. The minimum absolute atomic E-state index is 0.161. The van der Waals surface area contributed by atoms with Crippen LogP contribution in [-0.4, -0.2) is 21.4 Å². The number of carbonyl (C=O) groups is 2. The van der Waals surface area contributed by atoms with Gasteiger partial charge in [-0.2, -0.15) is 0 Å². The molecule has 3 heterocycles. The summed E-state index contributed by atoms with van der Waals surface area (Å²) in [6.07, 6.45) is 2.63. The summed E-state index contributed by atoms with van der Waals surface area (Å²) in [5.41, 5.74) is 1.11. The van der Waals surface area contributed by atoms with Crippen LogP contribution >= 0.6 is 11.6 Å². The molecule has 6 heteroatoms. The number of carboxylic acid groups (broad SMARTS) is 1. The van der Waals surface area contributed by atoms with Gasteiger partial charge in [0.1, 0.15) is 6.26 Å². The highest BCUT2D eigenvalue weighted by atomic mass is 35.5. The topological polar surface area (TPSA) is 72.4 Å². The molecule has 0 aliphatic carbocycles. The average Bonchev–Trinajstić information content (AvgIpc) is 3.03. The van der Waals surface area contributed by atoms with Crippen LogP contribution in [0.2, 0.25) is 5.02 Å². The van der Waals surface area contributed by atoms with Crippen LogP contribution in [0.15, 0.2) is 28.9 Å². The number of aliphatic carboxylic acids is 1. The molecule has 0 aromatic carbocycles. The first-order valence-electron chi connectivity index (χ1n) is 6.29. The van der Waals surface area contributed by atoms with Crippen LogP contribution < -0.4 is 0 Å². The second kappa shape index (κ2) is 4.83. The standard InChI is InChI=1S/C14H12ClNO4/c15-8-6-12(20-7-8)13(17)11-4-3-10-9(14(18)19)2-1-5-16(10)11/h3-4,6-7,9H,1-2,5H2,(H,18,19). The van der Waals surface area contributed by atoms with Crippen LogP contribution in [0.4, 0.5) is 0 Å². The third kappa shape index (κ3) is 2.04. The Bertz CT molecular complexity index is 685. The summed E-state index contributed by atoms with van der Waals surface area (Å²) < 4.78 is 6.87. The molecule has 0 radical (unpaired) electrons. The summed E-state index contributed by atoms with van der Waals surface area (Å²) in [6.45, 7) is 0.641. The van der Waals surface area contributed by atoms with E-state index in [4.69, 9.17) is 16.0 Å². The first-order chi connectivity index (χ1) is 9.58. The molecule has 0 amide bonds. The second-order valence-electron chi connectivity index (χ2n) is 4.79. The Morgan fingerprint density at radius 2 is 2.20 bits per heavy atom. The largest absolute Gasteiger partial charge is 0.481 e. The lowest BCUT2D eigenvalue weighted by atomic mass is 9.96. The minimum atomic E-state index is -0.857. The smallest absolute Gasteiger partial charge is 0.312 e. The third-order valence-corrected chi connectivity index (χ3v) is 3.77. The zero-order valence-electron chi connectivity index (χ0n) is 10.5. The van der Waals surface area contributed by atoms with Crippen molar-refractivity contribution in [1.29, 1.82) is 0 Å². The Morgan fingerprint density at radius 1 is 1.40 bits per heavy atom. The van der Waals surface area contributed by atoms with Crippen LogP contribution in [0, 0.1) is 0 Å². The van der Waals surface area contributed by atoms with Crippen molar-refractivity contribution in [3.05, 3.63) is 46.6 Å². The van der Waals surface area contributed by atoms with Gasteiger partial charge in [0.2, 0.25) is 5.78 Å². The van der Waals surface area contributed by atoms with Crippen molar-refractivity contribution in [3.8, 4) is 0 Å². The van der Waals surface area contributed by atoms with Gasteiger partial charge < -0.3 is 14.1 Å². The summed E-state index contributed by atoms with van der Waals surface area (Å²) in [5.74, 6) is -1.53. The molecule has 20 heavy (non-hydrogen) atoms. The van der Waals surface area contributed by atoms with E-state index in [0.29, 0.717) is 29.4 Å². The molecule has 1 N–H and O–H groups in total. The van der Waals surface area contributed by atoms with Gasteiger partial charge >= 0.3 is 5.97 Å². The van der Waals surface area contributed by atoms with Crippen LogP contribution in [0.3, 0.4) is 0 Å². The van der Waals surface area contributed by atoms with Gasteiger partial charge in [-0.25, -0.2) is 0 Å². The lowest BCUT2D eigenvalue weighted by molar-refractivity contribution is -0.139. The van der Waals surface area contributed by atoms with Crippen molar-refractivity contribution in [2.45, 2.75) is 25.3 Å². The van der Waals surface area contributed by atoms with E-state index in [1.54, 1.807) is 16.7 Å². The minimum Gasteiger partial charge on any atom is -0.481 e. The Labute approximate surface area is 119 Å². The first kappa shape index (κ1) is 13.0. The Balaban J connectivity index is 2.00. The summed E-state index contributed by atoms with van der Waals surface area (Å²) in [7, 11) is 0. The molecule has 1 aliphatic heterocycles. The molecule has 104 valence electrons. The fourth-order valence-corrected chi connectivity index (χ4v) is 2.79. The Kier molecular flexibility index (Phi) is 3.14. The number of carboxylic acids is 1. The van der Waals surface area contributed by atoms with E-state index < -0.39 is 11.9 Å². The van der Waals surface area contributed by atoms with Gasteiger partial charge in [0.05, 0.1) is 16.6 Å². The SMILES string of the molecule is O=C(c1cc(Cl)co1)c1ccc2n1CCCC2C(=O)O. The van der Waals surface area contributed by atoms with Crippen LogP contribution in [0.1, 0.15) is 40.7 Å². The Hall–Kier alpha value is -2.01. The van der Waals surface area contributed by atoms with E-state index in [1.165, 1.54) is 12.3 Å². The van der Waals surface area contributed by atoms with Crippen molar-refractivity contribution >= 4 is 23.4 Å². The predicted octanol–water partition coefficient (Wildman–Crippen LogP) is 2.93. The molecular weight excluding hydrogens is 282 g/mol. The van der Waals surface area contributed by atoms with Crippen molar-refractivity contribution in [3.63, 3.8) is 0 Å². The van der Waals surface area contributed by atoms with E-state index in [-0.39, 0.29) is 11.5 Å². The van der Waals surface area contributed by atoms with Gasteiger partial charge in [-0.15, -0.1) is 0 Å². The number of carbonyl (C=O) groups excluding carboxylic acids is 1. The van der Waals surface area contributed by atoms with E-state index >= 15 is 0 Å². The van der Waals surface area contributed by atoms with Crippen molar-refractivity contribution in [1.82, 2.24) is 4.57 Å². The highest BCUT2D eigenvalue weighted by molar-refractivity contribution is 6.31. The van der Waals surface area contributed by atoms with Gasteiger partial charge in [-0.3, -0.25) is 9.59 Å². The summed E-state index contributed by atoms with van der Waals surface area (Å²) in [4.78, 5) is 23.6. The molecule has 0 fully saturated rings. The van der Waals surface area contributed by atoms with E-state index in [0.717, 1.165) is 6.42 Å². The van der Waals surface area contributed by atoms with Gasteiger partial charge in [0, 0.05) is 18.3 Å². The molecule has 0 saturated carbocycles. The number of hydrogen-bond acceptors (Lipinski definition) is 3. The zero-order valence-corrected chi connectivity index (χ0v) is 11.3. The number of rotatable bonds is 3. The fraction of sp³-hybridized carbons (Fsp3) is 0.286. The molecule has 3 rings (SSSR count). The maximum atomic E-state index is 12.3. The maximum absolute atomic E-state index is 12.3. The van der Waals surface area contributed by atoms with Crippen molar-refractivity contribution < 1.29 is 19.1 Å². The number of fused-ring (bicyclic) bond motifs is 1. The molecule has 1 atom stereocenters. The quantitative estimate of drug-likeness (QED) is 0.883. The highest BCUT2D eigenvalue weighted by Crippen LogP contribution is 2.30. The third-order valence-electron chi connectivity index (χ3n) is 3.57. The summed E-state index contributed by atoms with van der Waals surface area (Å²) in [5, 5.41) is 9.58. The number of furan rings is 1. The molecule has 0 spiro atoms. The Morgan fingerprint density at radius 3 is 2.85 bits per heavy atom. The monoisotopic (exact) mass is 293 g/mol. The van der Waals surface area contributed by atoms with E-state index in [1.807, 2.05) is 0 Å². The lowest BCUT2D eigenvalue weighted by Crippen LogP contribution is -2.23. The number of hydrogen-bond donors (Lipinski definition) is 1. The first-order valence-corrected chi connectivity index (χ1v) is 6.66. The molecule has 1 aliphatic rings. The average molecular weight is 294 g/mol. The number of aromatic nitrogens is 1. The zero-order chi connectivity index (χ0) is 14.3. The fourth-order valence-electron chi connectivity index (χ4n) is 2.65. The van der Waals surface area contributed by atoms with E-state index in [9.17, 15) is 14.7 Å². The molecule has 2 aromatic rings. The second-order valence-corrected chi connectivity index (χ2v) is 5.22. The number of nitrogens with zero attached hydrogens (tertiary/aromatic N) is 1. The molecule has 2 aromatic heterocycles. The van der Waals surface area contributed by atoms with Gasteiger partial charge in [0.25, 0.3) is 0 Å². The maximum Gasteiger partial charge on any atom is 0.312 e. The van der Waals surface area contributed by atoms with Crippen molar-refractivity contribution in [2.24, 2.45) is 0 Å². The lowest BCUT2D eigenvalue weighted by Gasteiger charge is -2.22. The van der Waals surface area contributed by atoms with Gasteiger partial charge in [-0.05, 0) is 25.0 Å². The molecule has 1 unspecified atom stereocenters. The number of ketones is 1. The van der Waals surface area contributed by atoms with Crippen LogP contribution in [0.25, 0.3) is 0 Å². The van der Waals surface area contributed by atoms with Crippen LogP contribution in [-0.2, 0) is 11.3 Å².